The number of hydrogen-bond donors (Lipinski definition) is 1. The van der Waals surface area contributed by atoms with E-state index in [1.807, 2.05) is 35.7 Å². The normalized spacial score (nSPS) is 10.8. The molecule has 3 rings (SSSR count). The standard InChI is InChI=1S/C13H8BrClN2OS/c14-9-5-6-19-12(9)11-10(13(16)18-17-11)7-1-3-8(15)4-2-7/h1-6H,16H2. The van der Waals surface area contributed by atoms with Crippen molar-refractivity contribution in [2.24, 2.45) is 0 Å². The van der Waals surface area contributed by atoms with Crippen LogP contribution in [0.2, 0.25) is 5.02 Å². The maximum atomic E-state index is 5.90. The third-order valence-corrected chi connectivity index (χ3v) is 4.78. The molecule has 3 nitrogen and oxygen atoms in total. The second-order valence-corrected chi connectivity index (χ2v) is 6.08. The lowest BCUT2D eigenvalue weighted by Crippen LogP contribution is -1.86. The van der Waals surface area contributed by atoms with Crippen LogP contribution in [0.25, 0.3) is 21.7 Å². The number of aromatic nitrogens is 1. The lowest BCUT2D eigenvalue weighted by molar-refractivity contribution is 0.439. The molecule has 1 aromatic carbocycles. The van der Waals surface area contributed by atoms with Gasteiger partial charge in [0, 0.05) is 9.50 Å². The summed E-state index contributed by atoms with van der Waals surface area (Å²) in [4.78, 5) is 0.991. The molecule has 96 valence electrons. The molecule has 0 atom stereocenters. The highest BCUT2D eigenvalue weighted by Gasteiger charge is 2.20. The second-order valence-electron chi connectivity index (χ2n) is 3.87. The predicted octanol–water partition coefficient (Wildman–Crippen LogP) is 5.07. The summed E-state index contributed by atoms with van der Waals surface area (Å²) in [6.45, 7) is 0. The lowest BCUT2D eigenvalue weighted by Gasteiger charge is -2.02. The highest BCUT2D eigenvalue weighted by atomic mass is 79.9. The van der Waals surface area contributed by atoms with E-state index in [2.05, 4.69) is 21.1 Å². The first-order chi connectivity index (χ1) is 9.16. The van der Waals surface area contributed by atoms with Gasteiger partial charge in [0.2, 0.25) is 5.88 Å². The van der Waals surface area contributed by atoms with Crippen LogP contribution in [0.4, 0.5) is 5.88 Å². The lowest BCUT2D eigenvalue weighted by atomic mass is 10.1. The number of nitrogen functional groups attached to an aromatic ring is 1. The molecule has 6 heteroatoms. The van der Waals surface area contributed by atoms with Crippen LogP contribution in [0.3, 0.4) is 0 Å². The summed E-state index contributed by atoms with van der Waals surface area (Å²) in [6, 6.07) is 9.40. The molecular weight excluding hydrogens is 348 g/mol. The molecule has 2 aromatic heterocycles. The van der Waals surface area contributed by atoms with Crippen molar-refractivity contribution in [2.45, 2.75) is 0 Å². The first kappa shape index (κ1) is 12.7. The van der Waals surface area contributed by atoms with Gasteiger partial charge in [0.05, 0.1) is 10.4 Å². The van der Waals surface area contributed by atoms with Crippen LogP contribution in [-0.4, -0.2) is 5.16 Å². The van der Waals surface area contributed by atoms with E-state index < -0.39 is 0 Å². The summed E-state index contributed by atoms with van der Waals surface area (Å²) >= 11 is 11.0. The summed E-state index contributed by atoms with van der Waals surface area (Å²) in [5, 5.41) is 6.73. The molecule has 0 saturated heterocycles. The average molecular weight is 356 g/mol. The van der Waals surface area contributed by atoms with E-state index in [0.717, 1.165) is 26.2 Å². The molecule has 0 fully saturated rings. The van der Waals surface area contributed by atoms with Crippen molar-refractivity contribution in [2.75, 3.05) is 5.73 Å². The molecule has 0 saturated carbocycles. The molecule has 0 aliphatic rings. The van der Waals surface area contributed by atoms with Crippen molar-refractivity contribution >= 4 is 44.8 Å². The maximum absolute atomic E-state index is 5.90. The number of nitrogens with zero attached hydrogens (tertiary/aromatic N) is 1. The number of nitrogens with two attached hydrogens (primary N) is 1. The van der Waals surface area contributed by atoms with E-state index in [9.17, 15) is 0 Å². The van der Waals surface area contributed by atoms with Crippen molar-refractivity contribution in [3.63, 3.8) is 0 Å². The minimum absolute atomic E-state index is 0.303. The molecular formula is C13H8BrClN2OS. The highest BCUT2D eigenvalue weighted by molar-refractivity contribution is 9.10. The van der Waals surface area contributed by atoms with Gasteiger partial charge in [0.1, 0.15) is 5.69 Å². The molecule has 0 aliphatic heterocycles. The summed E-state index contributed by atoms with van der Waals surface area (Å²) < 4.78 is 6.11. The van der Waals surface area contributed by atoms with Gasteiger partial charge in [-0.3, -0.25) is 0 Å². The van der Waals surface area contributed by atoms with Gasteiger partial charge in [-0.2, -0.15) is 0 Å². The fraction of sp³-hybridized carbons (Fsp3) is 0. The van der Waals surface area contributed by atoms with Crippen molar-refractivity contribution in [1.29, 1.82) is 0 Å². The number of thiophene rings is 1. The summed E-state index contributed by atoms with van der Waals surface area (Å²) in [6.07, 6.45) is 0. The molecule has 0 bridgehead atoms. The zero-order valence-corrected chi connectivity index (χ0v) is 12.7. The third-order valence-electron chi connectivity index (χ3n) is 2.68. The third kappa shape index (κ3) is 2.29. The molecule has 19 heavy (non-hydrogen) atoms. The van der Waals surface area contributed by atoms with E-state index in [1.165, 1.54) is 0 Å². The SMILES string of the molecule is Nc1onc(-c2sccc2Br)c1-c1ccc(Cl)cc1. The fourth-order valence-electron chi connectivity index (χ4n) is 1.82. The Kier molecular flexibility index (Phi) is 3.35. The van der Waals surface area contributed by atoms with Crippen LogP contribution in [0.5, 0.6) is 0 Å². The molecule has 0 amide bonds. The van der Waals surface area contributed by atoms with Crippen molar-refractivity contribution < 1.29 is 4.52 Å². The number of rotatable bonds is 2. The summed E-state index contributed by atoms with van der Waals surface area (Å²) in [7, 11) is 0. The Morgan fingerprint density at radius 2 is 1.95 bits per heavy atom. The van der Waals surface area contributed by atoms with Crippen molar-refractivity contribution in [1.82, 2.24) is 5.16 Å². The highest BCUT2D eigenvalue weighted by Crippen LogP contribution is 2.41. The van der Waals surface area contributed by atoms with Gasteiger partial charge in [0.15, 0.2) is 0 Å². The smallest absolute Gasteiger partial charge is 0.230 e. The van der Waals surface area contributed by atoms with Gasteiger partial charge in [0.25, 0.3) is 0 Å². The van der Waals surface area contributed by atoms with Crippen molar-refractivity contribution in [3.05, 3.63) is 45.2 Å². The Balaban J connectivity index is 2.19. The predicted molar refractivity (Wildman–Crippen MR) is 82.4 cm³/mol. The number of hydrogen-bond acceptors (Lipinski definition) is 4. The monoisotopic (exact) mass is 354 g/mol. The summed E-state index contributed by atoms with van der Waals surface area (Å²) in [5.41, 5.74) is 8.35. The van der Waals surface area contributed by atoms with Gasteiger partial charge in [-0.05, 0) is 45.1 Å². The van der Waals surface area contributed by atoms with Crippen molar-refractivity contribution in [3.8, 4) is 21.7 Å². The van der Waals surface area contributed by atoms with Gasteiger partial charge in [-0.25, -0.2) is 0 Å². The zero-order valence-electron chi connectivity index (χ0n) is 9.56. The second kappa shape index (κ2) is 5.00. The van der Waals surface area contributed by atoms with Crippen LogP contribution in [-0.2, 0) is 0 Å². The van der Waals surface area contributed by atoms with E-state index in [-0.39, 0.29) is 0 Å². The van der Waals surface area contributed by atoms with Crippen LogP contribution >= 0.6 is 38.9 Å². The topological polar surface area (TPSA) is 52.0 Å². The van der Waals surface area contributed by atoms with E-state index >= 15 is 0 Å². The molecule has 2 N–H and O–H groups in total. The Morgan fingerprint density at radius 1 is 1.21 bits per heavy atom. The minimum Gasteiger partial charge on any atom is -0.367 e. The van der Waals surface area contributed by atoms with Crippen LogP contribution in [0, 0.1) is 0 Å². The van der Waals surface area contributed by atoms with Crippen LogP contribution in [0.15, 0.2) is 44.7 Å². The van der Waals surface area contributed by atoms with E-state index in [4.69, 9.17) is 21.9 Å². The minimum atomic E-state index is 0.303. The largest absolute Gasteiger partial charge is 0.367 e. The van der Waals surface area contributed by atoms with E-state index in [1.54, 1.807) is 11.3 Å². The summed E-state index contributed by atoms with van der Waals surface area (Å²) in [5.74, 6) is 0.303. The first-order valence-corrected chi connectivity index (χ1v) is 7.46. The van der Waals surface area contributed by atoms with Crippen LogP contribution < -0.4 is 5.73 Å². The quantitative estimate of drug-likeness (QED) is 0.698. The molecule has 2 heterocycles. The van der Waals surface area contributed by atoms with Gasteiger partial charge < -0.3 is 10.3 Å². The maximum Gasteiger partial charge on any atom is 0.230 e. The number of anilines is 1. The first-order valence-electron chi connectivity index (χ1n) is 5.41. The molecule has 0 aliphatic carbocycles. The van der Waals surface area contributed by atoms with Gasteiger partial charge in [-0.15, -0.1) is 11.3 Å². The Morgan fingerprint density at radius 3 is 2.58 bits per heavy atom. The average Bonchev–Trinajstić information content (AvgIpc) is 2.97. The molecule has 3 aromatic rings. The van der Waals surface area contributed by atoms with Gasteiger partial charge >= 0.3 is 0 Å². The number of halogens is 2. The molecule has 0 unspecified atom stereocenters. The number of benzene rings is 1. The molecule has 0 spiro atoms. The zero-order chi connectivity index (χ0) is 13.4. The Labute approximate surface area is 127 Å². The Bertz CT molecular complexity index is 721. The van der Waals surface area contributed by atoms with Gasteiger partial charge in [-0.1, -0.05) is 28.9 Å². The fourth-order valence-corrected chi connectivity index (χ4v) is 3.49. The molecule has 0 radical (unpaired) electrons. The van der Waals surface area contributed by atoms with Crippen LogP contribution in [0.1, 0.15) is 0 Å². The Hall–Kier alpha value is -1.30. The van der Waals surface area contributed by atoms with E-state index in [0.29, 0.717) is 10.9 Å².